The van der Waals surface area contributed by atoms with E-state index in [1.807, 2.05) is 0 Å². The van der Waals surface area contributed by atoms with Gasteiger partial charge in [0.2, 0.25) is 0 Å². The van der Waals surface area contributed by atoms with E-state index in [4.69, 9.17) is 4.84 Å². The Morgan fingerprint density at radius 1 is 1.08 bits per heavy atom. The number of fused-ring (bicyclic) bond motifs is 1. The van der Waals surface area contributed by atoms with Crippen molar-refractivity contribution in [2.75, 3.05) is 0 Å². The van der Waals surface area contributed by atoms with Crippen LogP contribution in [-0.2, 0) is 11.4 Å². The van der Waals surface area contributed by atoms with E-state index < -0.39 is 36.9 Å². The lowest BCUT2D eigenvalue weighted by Gasteiger charge is -2.11. The smallest absolute Gasteiger partial charge is 0.322 e. The van der Waals surface area contributed by atoms with E-state index in [0.29, 0.717) is 5.06 Å². The fourth-order valence-corrected chi connectivity index (χ4v) is 2.22. The predicted molar refractivity (Wildman–Crippen MR) is 75.3 cm³/mol. The molecule has 0 saturated carbocycles. The summed E-state index contributed by atoms with van der Waals surface area (Å²) in [6, 6.07) is 7.07. The SMILES string of the molecule is O=C(ON1C(=O)c2ccccc2C1=O)c1ccn(CCC(F)(F)F)n1. The first kappa shape index (κ1) is 16.7. The summed E-state index contributed by atoms with van der Waals surface area (Å²) in [4.78, 5) is 40.9. The third-order valence-electron chi connectivity index (χ3n) is 3.41. The van der Waals surface area contributed by atoms with E-state index in [1.165, 1.54) is 18.3 Å². The monoisotopic (exact) mass is 353 g/mol. The van der Waals surface area contributed by atoms with E-state index >= 15 is 0 Å². The number of nitrogens with zero attached hydrogens (tertiary/aromatic N) is 3. The number of benzene rings is 1. The highest BCUT2D eigenvalue weighted by atomic mass is 19.4. The molecule has 130 valence electrons. The van der Waals surface area contributed by atoms with Crippen LogP contribution in [0.5, 0.6) is 0 Å². The number of imide groups is 1. The van der Waals surface area contributed by atoms with Crippen molar-refractivity contribution in [3.05, 3.63) is 53.3 Å². The summed E-state index contributed by atoms with van der Waals surface area (Å²) in [5, 5.41) is 3.95. The van der Waals surface area contributed by atoms with Crippen LogP contribution in [0.2, 0.25) is 0 Å². The molecule has 3 rings (SSSR count). The maximum absolute atomic E-state index is 12.2. The molecule has 1 aromatic carbocycles. The fourth-order valence-electron chi connectivity index (χ4n) is 2.22. The highest BCUT2D eigenvalue weighted by molar-refractivity contribution is 6.21. The average Bonchev–Trinajstić information content (AvgIpc) is 3.12. The first-order valence-corrected chi connectivity index (χ1v) is 7.06. The van der Waals surface area contributed by atoms with E-state index in [-0.39, 0.29) is 16.8 Å². The molecule has 2 heterocycles. The van der Waals surface area contributed by atoms with E-state index in [1.54, 1.807) is 12.1 Å². The minimum Gasteiger partial charge on any atom is -0.322 e. The Morgan fingerprint density at radius 3 is 2.24 bits per heavy atom. The molecule has 0 atom stereocenters. The summed E-state index contributed by atoms with van der Waals surface area (Å²) < 4.78 is 37.5. The Kier molecular flexibility index (Phi) is 4.03. The minimum absolute atomic E-state index is 0.0935. The summed E-state index contributed by atoms with van der Waals surface area (Å²) >= 11 is 0. The van der Waals surface area contributed by atoms with Gasteiger partial charge in [-0.15, -0.1) is 0 Å². The third kappa shape index (κ3) is 3.37. The summed E-state index contributed by atoms with van der Waals surface area (Å²) in [5.41, 5.74) is -0.134. The molecule has 0 aliphatic carbocycles. The zero-order valence-corrected chi connectivity index (χ0v) is 12.5. The van der Waals surface area contributed by atoms with Crippen molar-refractivity contribution in [2.24, 2.45) is 0 Å². The van der Waals surface area contributed by atoms with Crippen LogP contribution in [0, 0.1) is 0 Å². The molecule has 0 unspecified atom stereocenters. The zero-order chi connectivity index (χ0) is 18.2. The first-order chi connectivity index (χ1) is 11.8. The van der Waals surface area contributed by atoms with Gasteiger partial charge in [-0.25, -0.2) is 4.79 Å². The molecule has 0 saturated heterocycles. The molecule has 25 heavy (non-hydrogen) atoms. The zero-order valence-electron chi connectivity index (χ0n) is 12.5. The largest absolute Gasteiger partial charge is 0.390 e. The molecular formula is C15H10F3N3O4. The van der Waals surface area contributed by atoms with Gasteiger partial charge >= 0.3 is 12.1 Å². The molecule has 0 fully saturated rings. The van der Waals surface area contributed by atoms with Gasteiger partial charge < -0.3 is 4.84 Å². The Hall–Kier alpha value is -3.17. The summed E-state index contributed by atoms with van der Waals surface area (Å²) in [5.74, 6) is -2.73. The topological polar surface area (TPSA) is 81.5 Å². The summed E-state index contributed by atoms with van der Waals surface area (Å²) in [6.45, 7) is -0.468. The van der Waals surface area contributed by atoms with Crippen molar-refractivity contribution < 1.29 is 32.4 Å². The Labute approximate surface area is 138 Å². The van der Waals surface area contributed by atoms with Gasteiger partial charge in [0.1, 0.15) is 0 Å². The molecule has 1 aliphatic heterocycles. The summed E-state index contributed by atoms with van der Waals surface area (Å²) in [6.07, 6.45) is -4.29. The number of aromatic nitrogens is 2. The normalized spacial score (nSPS) is 14.0. The third-order valence-corrected chi connectivity index (χ3v) is 3.41. The number of carbonyl (C=O) groups is 3. The number of carbonyl (C=O) groups excluding carboxylic acids is 3. The van der Waals surface area contributed by atoms with Crippen molar-refractivity contribution >= 4 is 17.8 Å². The average molecular weight is 353 g/mol. The van der Waals surface area contributed by atoms with Crippen LogP contribution < -0.4 is 0 Å². The van der Waals surface area contributed by atoms with Gasteiger partial charge in [0.15, 0.2) is 5.69 Å². The molecule has 1 aliphatic rings. The molecule has 0 spiro atoms. The van der Waals surface area contributed by atoms with Gasteiger partial charge in [0, 0.05) is 12.7 Å². The van der Waals surface area contributed by atoms with Crippen LogP contribution in [0.15, 0.2) is 36.5 Å². The van der Waals surface area contributed by atoms with Gasteiger partial charge in [0.05, 0.1) is 17.5 Å². The number of aryl methyl sites for hydroxylation is 1. The fraction of sp³-hybridized carbons (Fsp3) is 0.200. The lowest BCUT2D eigenvalue weighted by atomic mass is 10.1. The molecule has 1 aromatic heterocycles. The van der Waals surface area contributed by atoms with Gasteiger partial charge in [-0.1, -0.05) is 17.2 Å². The number of halogens is 3. The number of hydrogen-bond acceptors (Lipinski definition) is 5. The Morgan fingerprint density at radius 2 is 1.68 bits per heavy atom. The number of alkyl halides is 3. The second-order valence-corrected chi connectivity index (χ2v) is 5.16. The van der Waals surface area contributed by atoms with Crippen molar-refractivity contribution in [3.63, 3.8) is 0 Å². The van der Waals surface area contributed by atoms with Gasteiger partial charge in [0.25, 0.3) is 11.8 Å². The maximum Gasteiger partial charge on any atom is 0.390 e. The van der Waals surface area contributed by atoms with E-state index in [9.17, 15) is 27.6 Å². The molecule has 0 N–H and O–H groups in total. The molecular weight excluding hydrogens is 343 g/mol. The number of hydroxylamine groups is 2. The van der Waals surface area contributed by atoms with Crippen molar-refractivity contribution in [1.29, 1.82) is 0 Å². The van der Waals surface area contributed by atoms with Crippen LogP contribution in [-0.4, -0.2) is 38.8 Å². The number of rotatable bonds is 4. The van der Waals surface area contributed by atoms with Gasteiger partial charge in [-0.2, -0.15) is 18.3 Å². The summed E-state index contributed by atoms with van der Waals surface area (Å²) in [7, 11) is 0. The highest BCUT2D eigenvalue weighted by Crippen LogP contribution is 2.23. The van der Waals surface area contributed by atoms with E-state index in [2.05, 4.69) is 5.10 Å². The second kappa shape index (κ2) is 6.04. The maximum atomic E-state index is 12.2. The quantitative estimate of drug-likeness (QED) is 0.787. The van der Waals surface area contributed by atoms with Crippen LogP contribution >= 0.6 is 0 Å². The van der Waals surface area contributed by atoms with Gasteiger partial charge in [-0.3, -0.25) is 14.3 Å². The molecule has 0 bridgehead atoms. The molecule has 2 aromatic rings. The molecule has 2 amide bonds. The van der Waals surface area contributed by atoms with Crippen LogP contribution in [0.1, 0.15) is 37.6 Å². The molecule has 7 nitrogen and oxygen atoms in total. The standard InChI is InChI=1S/C15H10F3N3O4/c16-15(17,18)6-8-20-7-5-11(19-20)14(24)25-21-12(22)9-3-1-2-4-10(9)13(21)23/h1-5,7H,6,8H2. The van der Waals surface area contributed by atoms with Crippen LogP contribution in [0.3, 0.4) is 0 Å². The van der Waals surface area contributed by atoms with Gasteiger partial charge in [-0.05, 0) is 18.2 Å². The number of amides is 2. The Bertz CT molecular complexity index is 825. The predicted octanol–water partition coefficient (Wildman–Crippen LogP) is 2.20. The van der Waals surface area contributed by atoms with Crippen molar-refractivity contribution in [3.8, 4) is 0 Å². The lowest BCUT2D eigenvalue weighted by molar-refractivity contribution is -0.137. The lowest BCUT2D eigenvalue weighted by Crippen LogP contribution is -2.32. The van der Waals surface area contributed by atoms with Crippen molar-refractivity contribution in [1.82, 2.24) is 14.8 Å². The molecule has 0 radical (unpaired) electrons. The minimum atomic E-state index is -4.35. The first-order valence-electron chi connectivity index (χ1n) is 7.06. The van der Waals surface area contributed by atoms with Crippen LogP contribution in [0.25, 0.3) is 0 Å². The highest BCUT2D eigenvalue weighted by Gasteiger charge is 2.39. The molecule has 10 heteroatoms. The van der Waals surface area contributed by atoms with E-state index in [0.717, 1.165) is 10.7 Å². The second-order valence-electron chi connectivity index (χ2n) is 5.16. The van der Waals surface area contributed by atoms with Crippen LogP contribution in [0.4, 0.5) is 13.2 Å². The van der Waals surface area contributed by atoms with Crippen molar-refractivity contribution in [2.45, 2.75) is 19.1 Å². The number of hydrogen-bond donors (Lipinski definition) is 0. The Balaban J connectivity index is 1.69.